The molecule has 0 saturated heterocycles. The number of nitrogens with one attached hydrogen (secondary N) is 1. The highest BCUT2D eigenvalue weighted by Crippen LogP contribution is 2.22. The van der Waals surface area contributed by atoms with Gasteiger partial charge >= 0.3 is 5.76 Å². The lowest BCUT2D eigenvalue weighted by molar-refractivity contribution is 0.555. The molecule has 1 N–H and O–H groups in total. The number of hydrogen-bond donors (Lipinski definition) is 1. The molecular formula is C14H15N3O2S. The summed E-state index contributed by atoms with van der Waals surface area (Å²) in [6, 6.07) is 7.82. The topological polar surface area (TPSA) is 63.8 Å². The summed E-state index contributed by atoms with van der Waals surface area (Å²) in [5.74, 6) is 0.507. The smallest absolute Gasteiger partial charge is 0.408 e. The maximum Gasteiger partial charge on any atom is 0.417 e. The second kappa shape index (κ2) is 5.20. The zero-order valence-electron chi connectivity index (χ0n) is 11.3. The Bertz CT molecular complexity index is 800. The third kappa shape index (κ3) is 2.65. The molecule has 1 aromatic carbocycles. The van der Waals surface area contributed by atoms with Crippen LogP contribution in [0.25, 0.3) is 11.1 Å². The fraction of sp³-hybridized carbons (Fsp3) is 0.286. The first-order valence-corrected chi connectivity index (χ1v) is 7.37. The summed E-state index contributed by atoms with van der Waals surface area (Å²) in [5.41, 5.74) is 3.56. The molecule has 0 atom stereocenters. The van der Waals surface area contributed by atoms with Crippen LogP contribution in [0.2, 0.25) is 0 Å². The van der Waals surface area contributed by atoms with Crippen molar-refractivity contribution in [1.82, 2.24) is 14.8 Å². The average molecular weight is 289 g/mol. The highest BCUT2D eigenvalue weighted by Gasteiger charge is 2.04. The second-order valence-corrected chi connectivity index (χ2v) is 5.84. The van der Waals surface area contributed by atoms with E-state index in [-0.39, 0.29) is 0 Å². The number of aromatic amines is 1. The predicted octanol–water partition coefficient (Wildman–Crippen LogP) is 2.73. The van der Waals surface area contributed by atoms with Crippen LogP contribution in [-0.2, 0) is 6.54 Å². The monoisotopic (exact) mass is 289 g/mol. The minimum absolute atomic E-state index is 0.412. The Kier molecular flexibility index (Phi) is 3.40. The Labute approximate surface area is 120 Å². The van der Waals surface area contributed by atoms with Crippen LogP contribution in [0.5, 0.6) is 0 Å². The van der Waals surface area contributed by atoms with Crippen molar-refractivity contribution in [2.75, 3.05) is 5.75 Å². The number of H-pyrrole nitrogens is 1. The Hall–Kier alpha value is -1.95. The molecule has 20 heavy (non-hydrogen) atoms. The molecule has 0 aliphatic rings. The fourth-order valence-corrected chi connectivity index (χ4v) is 3.02. The van der Waals surface area contributed by atoms with Crippen molar-refractivity contribution in [3.8, 4) is 0 Å². The van der Waals surface area contributed by atoms with Crippen LogP contribution in [0.1, 0.15) is 11.4 Å². The van der Waals surface area contributed by atoms with Gasteiger partial charge < -0.3 is 4.42 Å². The van der Waals surface area contributed by atoms with E-state index < -0.39 is 5.76 Å². The van der Waals surface area contributed by atoms with E-state index in [0.29, 0.717) is 5.58 Å². The van der Waals surface area contributed by atoms with Crippen molar-refractivity contribution in [3.05, 3.63) is 46.2 Å². The van der Waals surface area contributed by atoms with Crippen LogP contribution in [0.3, 0.4) is 0 Å². The van der Waals surface area contributed by atoms with E-state index in [1.807, 2.05) is 29.8 Å². The van der Waals surface area contributed by atoms with Crippen molar-refractivity contribution in [3.63, 3.8) is 0 Å². The van der Waals surface area contributed by atoms with E-state index in [4.69, 9.17) is 4.42 Å². The molecule has 0 fully saturated rings. The third-order valence-electron chi connectivity index (χ3n) is 3.07. The van der Waals surface area contributed by atoms with Gasteiger partial charge in [-0.15, -0.1) is 11.8 Å². The molecule has 0 bridgehead atoms. The van der Waals surface area contributed by atoms with Gasteiger partial charge in [-0.1, -0.05) is 0 Å². The number of aryl methyl sites for hydroxylation is 3. The fourth-order valence-electron chi connectivity index (χ4n) is 2.17. The second-order valence-electron chi connectivity index (χ2n) is 4.67. The van der Waals surface area contributed by atoms with E-state index in [1.54, 1.807) is 11.8 Å². The van der Waals surface area contributed by atoms with Crippen molar-refractivity contribution < 1.29 is 4.42 Å². The van der Waals surface area contributed by atoms with Crippen LogP contribution in [0.4, 0.5) is 0 Å². The molecule has 0 aliphatic heterocycles. The van der Waals surface area contributed by atoms with Crippen molar-refractivity contribution in [2.24, 2.45) is 0 Å². The van der Waals surface area contributed by atoms with Crippen LogP contribution < -0.4 is 5.76 Å². The molecule has 0 aliphatic carbocycles. The number of fused-ring (bicyclic) bond motifs is 1. The number of rotatable bonds is 4. The number of benzene rings is 1. The van der Waals surface area contributed by atoms with E-state index in [2.05, 4.69) is 23.1 Å². The van der Waals surface area contributed by atoms with Crippen molar-refractivity contribution in [1.29, 1.82) is 0 Å². The lowest BCUT2D eigenvalue weighted by Gasteiger charge is -2.04. The number of oxazole rings is 1. The molecule has 2 aromatic heterocycles. The minimum atomic E-state index is -0.412. The molecule has 104 valence electrons. The molecule has 6 heteroatoms. The van der Waals surface area contributed by atoms with Gasteiger partial charge in [-0.25, -0.2) is 4.79 Å². The van der Waals surface area contributed by atoms with Crippen LogP contribution >= 0.6 is 11.8 Å². The van der Waals surface area contributed by atoms with Crippen LogP contribution in [-0.4, -0.2) is 20.5 Å². The average Bonchev–Trinajstić information content (AvgIpc) is 2.90. The summed E-state index contributed by atoms with van der Waals surface area (Å²) in [7, 11) is 0. The zero-order chi connectivity index (χ0) is 14.1. The van der Waals surface area contributed by atoms with Crippen LogP contribution in [0.15, 0.2) is 38.4 Å². The molecule has 0 radical (unpaired) electrons. The van der Waals surface area contributed by atoms with Crippen molar-refractivity contribution >= 4 is 22.9 Å². The molecule has 0 amide bonds. The Morgan fingerprint density at radius 2 is 2.20 bits per heavy atom. The largest absolute Gasteiger partial charge is 0.417 e. The summed E-state index contributed by atoms with van der Waals surface area (Å²) in [4.78, 5) is 14.8. The first kappa shape index (κ1) is 13.1. The Morgan fingerprint density at radius 3 is 2.95 bits per heavy atom. The summed E-state index contributed by atoms with van der Waals surface area (Å²) < 4.78 is 7.06. The number of nitrogens with zero attached hydrogens (tertiary/aromatic N) is 2. The highest BCUT2D eigenvalue weighted by atomic mass is 32.2. The van der Waals surface area contributed by atoms with E-state index >= 15 is 0 Å². The van der Waals surface area contributed by atoms with E-state index in [0.717, 1.165) is 28.4 Å². The molecule has 3 rings (SSSR count). The van der Waals surface area contributed by atoms with Crippen molar-refractivity contribution in [2.45, 2.75) is 25.3 Å². The highest BCUT2D eigenvalue weighted by molar-refractivity contribution is 7.99. The Balaban J connectivity index is 1.67. The van der Waals surface area contributed by atoms with Gasteiger partial charge in [0.2, 0.25) is 0 Å². The standard InChI is InChI=1S/C14H15N3O2S/c1-9-7-10(2)17(16-9)5-6-20-11-3-4-12-13(8-11)19-14(18)15-12/h3-4,7-8H,5-6H2,1-2H3,(H,15,18). The van der Waals surface area contributed by atoms with E-state index in [9.17, 15) is 4.79 Å². The van der Waals surface area contributed by atoms with Gasteiger partial charge in [0, 0.05) is 16.3 Å². The van der Waals surface area contributed by atoms with Crippen LogP contribution in [0, 0.1) is 13.8 Å². The lowest BCUT2D eigenvalue weighted by Crippen LogP contribution is -2.04. The first-order chi connectivity index (χ1) is 9.61. The molecule has 5 nitrogen and oxygen atoms in total. The zero-order valence-corrected chi connectivity index (χ0v) is 12.2. The predicted molar refractivity (Wildman–Crippen MR) is 79.3 cm³/mol. The summed E-state index contributed by atoms with van der Waals surface area (Å²) >= 11 is 1.72. The minimum Gasteiger partial charge on any atom is -0.408 e. The SMILES string of the molecule is Cc1cc(C)n(CCSc2ccc3[nH]c(=O)oc3c2)n1. The van der Waals surface area contributed by atoms with Gasteiger partial charge in [-0.05, 0) is 38.1 Å². The first-order valence-electron chi connectivity index (χ1n) is 6.38. The molecule has 0 unspecified atom stereocenters. The maximum atomic E-state index is 11.1. The van der Waals surface area contributed by atoms with Gasteiger partial charge in [0.15, 0.2) is 5.58 Å². The van der Waals surface area contributed by atoms with Gasteiger partial charge in [0.25, 0.3) is 0 Å². The lowest BCUT2D eigenvalue weighted by atomic mass is 10.3. The molecule has 3 aromatic rings. The quantitative estimate of drug-likeness (QED) is 0.750. The summed E-state index contributed by atoms with van der Waals surface area (Å²) in [5, 5.41) is 4.43. The van der Waals surface area contributed by atoms with E-state index in [1.165, 1.54) is 5.69 Å². The van der Waals surface area contributed by atoms with Gasteiger partial charge in [-0.2, -0.15) is 5.10 Å². The molecular weight excluding hydrogens is 274 g/mol. The third-order valence-corrected chi connectivity index (χ3v) is 4.04. The summed E-state index contributed by atoms with van der Waals surface area (Å²) in [6.07, 6.45) is 0. The summed E-state index contributed by atoms with van der Waals surface area (Å²) in [6.45, 7) is 4.92. The van der Waals surface area contributed by atoms with Gasteiger partial charge in [0.05, 0.1) is 17.8 Å². The Morgan fingerprint density at radius 1 is 1.35 bits per heavy atom. The molecule has 0 spiro atoms. The number of hydrogen-bond acceptors (Lipinski definition) is 4. The molecule has 0 saturated carbocycles. The molecule has 2 heterocycles. The number of thioether (sulfide) groups is 1. The maximum absolute atomic E-state index is 11.1. The normalized spacial score (nSPS) is 11.3. The van der Waals surface area contributed by atoms with Gasteiger partial charge in [0.1, 0.15) is 0 Å². The van der Waals surface area contributed by atoms with Gasteiger partial charge in [-0.3, -0.25) is 9.67 Å². The number of aromatic nitrogens is 3.